The summed E-state index contributed by atoms with van der Waals surface area (Å²) in [6.45, 7) is 11.6. The Hall–Kier alpha value is -3.76. The third-order valence-corrected chi connectivity index (χ3v) is 10.7. The van der Waals surface area contributed by atoms with E-state index >= 15 is 0 Å². The van der Waals surface area contributed by atoms with E-state index in [1.165, 1.54) is 34.9 Å². The number of anilines is 1. The van der Waals surface area contributed by atoms with Crippen molar-refractivity contribution in [2.45, 2.75) is 88.9 Å². The lowest BCUT2D eigenvalue weighted by Gasteiger charge is -2.45. The molecule has 0 radical (unpaired) electrons. The van der Waals surface area contributed by atoms with Crippen molar-refractivity contribution in [1.29, 1.82) is 0 Å². The zero-order valence-corrected chi connectivity index (χ0v) is 28.4. The fraction of sp³-hybridized carbons (Fsp3) is 0.484. The highest BCUT2D eigenvalue weighted by Gasteiger charge is 2.42. The second-order valence-corrected chi connectivity index (χ2v) is 16.2. The molecule has 0 spiro atoms. The van der Waals surface area contributed by atoms with Crippen LogP contribution in [-0.2, 0) is 14.8 Å². The van der Waals surface area contributed by atoms with Crippen molar-refractivity contribution in [3.05, 3.63) is 47.4 Å². The van der Waals surface area contributed by atoms with E-state index in [1.807, 2.05) is 25.7 Å². The summed E-state index contributed by atoms with van der Waals surface area (Å²) in [5, 5.41) is 7.28. The van der Waals surface area contributed by atoms with E-state index in [0.29, 0.717) is 54.2 Å². The van der Waals surface area contributed by atoms with E-state index in [4.69, 9.17) is 9.72 Å². The summed E-state index contributed by atoms with van der Waals surface area (Å²) < 4.78 is 78.9. The Balaban J connectivity index is 1.55. The van der Waals surface area contributed by atoms with Gasteiger partial charge in [-0.2, -0.15) is 0 Å². The molecule has 4 aromatic rings. The van der Waals surface area contributed by atoms with E-state index in [-0.39, 0.29) is 33.4 Å². The van der Waals surface area contributed by atoms with Gasteiger partial charge in [0.1, 0.15) is 27.7 Å². The minimum absolute atomic E-state index is 0.0640. The highest BCUT2D eigenvalue weighted by molar-refractivity contribution is 7.89. The first-order valence-electron chi connectivity index (χ1n) is 15.2. The molecule has 16 heteroatoms. The number of hydrogen-bond acceptors (Lipinski definition) is 9. The molecule has 4 heterocycles. The molecular formula is C31H36F3N7O4S2. The Morgan fingerprint density at radius 2 is 1.74 bits per heavy atom. The van der Waals surface area contributed by atoms with Crippen LogP contribution in [0.1, 0.15) is 65.8 Å². The van der Waals surface area contributed by atoms with Gasteiger partial charge in [0.15, 0.2) is 15.7 Å². The first kappa shape index (κ1) is 33.2. The minimum Gasteiger partial charge on any atom is -0.444 e. The second-order valence-electron chi connectivity index (χ2n) is 13.5. The maximum atomic E-state index is 14.0. The Morgan fingerprint density at radius 1 is 1.11 bits per heavy atom. The lowest BCUT2D eigenvalue weighted by Crippen LogP contribution is -2.59. The van der Waals surface area contributed by atoms with Crippen LogP contribution < -0.4 is 9.62 Å². The average Bonchev–Trinajstić information content (AvgIpc) is 3.33. The number of alkyl halides is 2. The van der Waals surface area contributed by atoms with Crippen molar-refractivity contribution >= 4 is 38.8 Å². The van der Waals surface area contributed by atoms with Gasteiger partial charge in [-0.25, -0.2) is 36.1 Å². The van der Waals surface area contributed by atoms with Gasteiger partial charge in [-0.05, 0) is 84.7 Å². The summed E-state index contributed by atoms with van der Waals surface area (Å²) >= 11 is 0.665. The Bertz CT molecular complexity index is 1920. The van der Waals surface area contributed by atoms with E-state index in [1.54, 1.807) is 31.7 Å². The number of imidazole rings is 1. The van der Waals surface area contributed by atoms with Crippen molar-refractivity contribution in [3.63, 3.8) is 0 Å². The van der Waals surface area contributed by atoms with E-state index < -0.39 is 44.5 Å². The van der Waals surface area contributed by atoms with Crippen molar-refractivity contribution in [2.24, 2.45) is 0 Å². The van der Waals surface area contributed by atoms with Crippen LogP contribution in [0, 0.1) is 5.82 Å². The summed E-state index contributed by atoms with van der Waals surface area (Å²) in [4.78, 5) is 21.6. The van der Waals surface area contributed by atoms with Crippen molar-refractivity contribution < 1.29 is 31.1 Å². The molecule has 2 aliphatic rings. The smallest absolute Gasteiger partial charge is 0.410 e. The Morgan fingerprint density at radius 3 is 2.30 bits per heavy atom. The predicted molar refractivity (Wildman–Crippen MR) is 172 cm³/mol. The van der Waals surface area contributed by atoms with Crippen molar-refractivity contribution in [2.75, 3.05) is 18.0 Å². The molecule has 1 aliphatic heterocycles. The number of carbonyl (C=O) groups is 1. The molecule has 6 rings (SSSR count). The number of nitrogens with zero attached hydrogens (tertiary/aromatic N) is 6. The number of fused-ring (bicyclic) bond motifs is 1. The number of amides is 1. The van der Waals surface area contributed by atoms with Gasteiger partial charge in [-0.15, -0.1) is 10.2 Å². The number of rotatable bonds is 7. The molecule has 47 heavy (non-hydrogen) atoms. The molecule has 1 aromatic carbocycles. The van der Waals surface area contributed by atoms with Crippen LogP contribution in [0.5, 0.6) is 0 Å². The first-order valence-corrected chi connectivity index (χ1v) is 17.5. The number of carbonyl (C=O) groups excluding carboxylic acids is 1. The molecular weight excluding hydrogens is 656 g/mol. The minimum atomic E-state index is -4.06. The highest BCUT2D eigenvalue weighted by atomic mass is 32.2. The van der Waals surface area contributed by atoms with Gasteiger partial charge in [0.05, 0.1) is 17.8 Å². The average molecular weight is 692 g/mol. The van der Waals surface area contributed by atoms with Crippen LogP contribution in [0.15, 0.2) is 41.4 Å². The summed E-state index contributed by atoms with van der Waals surface area (Å²) in [5.41, 5.74) is 0.506. The standard InChI is InChI=1S/C31H36F3N7O4S2/c1-17-14-39(15-18(2)41(17)29(42)45-30(3,4)5)22-13-21(47(43,44)38-31(6)11-12-31)16-40-24(27-36-37-28(46-27)25(33)34)23(35-26(22)40)19-7-9-20(32)10-8-19/h7-10,13,16-18,25,38H,11-12,14-15H2,1-6H3/t17-,18-/m0/s1. The molecule has 0 bridgehead atoms. The zero-order chi connectivity index (χ0) is 34.1. The normalized spacial score (nSPS) is 19.9. The third kappa shape index (κ3) is 6.67. The third-order valence-electron chi connectivity index (χ3n) is 8.18. The quantitative estimate of drug-likeness (QED) is 0.241. The molecule has 1 amide bonds. The molecule has 1 aliphatic carbocycles. The number of sulfonamides is 1. The van der Waals surface area contributed by atoms with Crippen molar-refractivity contribution in [3.8, 4) is 22.0 Å². The van der Waals surface area contributed by atoms with Crippen LogP contribution in [-0.4, -0.2) is 75.3 Å². The van der Waals surface area contributed by atoms with Gasteiger partial charge in [0.25, 0.3) is 6.43 Å². The van der Waals surface area contributed by atoms with Gasteiger partial charge < -0.3 is 9.64 Å². The number of halogens is 3. The number of piperazine rings is 1. The number of aromatic nitrogens is 4. The molecule has 3 aromatic heterocycles. The van der Waals surface area contributed by atoms with Crippen LogP contribution in [0.25, 0.3) is 27.6 Å². The number of nitrogens with one attached hydrogen (secondary N) is 1. The second kappa shape index (κ2) is 11.7. The van der Waals surface area contributed by atoms with E-state index in [2.05, 4.69) is 14.9 Å². The molecule has 2 fully saturated rings. The predicted octanol–water partition coefficient (Wildman–Crippen LogP) is 6.26. The Labute approximate surface area is 274 Å². The van der Waals surface area contributed by atoms with Crippen LogP contribution in [0.3, 0.4) is 0 Å². The molecule has 11 nitrogen and oxygen atoms in total. The fourth-order valence-electron chi connectivity index (χ4n) is 5.78. The molecule has 1 saturated heterocycles. The van der Waals surface area contributed by atoms with Crippen LogP contribution in [0.2, 0.25) is 0 Å². The SMILES string of the molecule is C[C@H]1CN(c2cc(S(=O)(=O)NC3(C)CC3)cn3c(-c4nnc(C(F)F)s4)c(-c4ccc(F)cc4)nc23)C[C@H](C)N1C(=O)OC(C)(C)C. The van der Waals surface area contributed by atoms with Gasteiger partial charge in [-0.1, -0.05) is 11.3 Å². The Kier molecular flexibility index (Phi) is 8.28. The molecule has 1 saturated carbocycles. The first-order chi connectivity index (χ1) is 21.9. The van der Waals surface area contributed by atoms with Gasteiger partial charge in [-0.3, -0.25) is 9.30 Å². The van der Waals surface area contributed by atoms with Crippen molar-refractivity contribution in [1.82, 2.24) is 29.2 Å². The maximum absolute atomic E-state index is 14.0. The zero-order valence-electron chi connectivity index (χ0n) is 26.8. The van der Waals surface area contributed by atoms with Gasteiger partial charge in [0.2, 0.25) is 10.0 Å². The summed E-state index contributed by atoms with van der Waals surface area (Å²) in [7, 11) is -4.06. The number of ether oxygens (including phenoxy) is 1. The maximum Gasteiger partial charge on any atom is 0.410 e. The fourth-order valence-corrected chi connectivity index (χ4v) is 8.01. The largest absolute Gasteiger partial charge is 0.444 e. The number of benzene rings is 1. The molecule has 2 atom stereocenters. The molecule has 0 unspecified atom stereocenters. The van der Waals surface area contributed by atoms with E-state index in [9.17, 15) is 26.4 Å². The number of hydrogen-bond donors (Lipinski definition) is 1. The summed E-state index contributed by atoms with van der Waals surface area (Å²) in [5.74, 6) is -0.477. The lowest BCUT2D eigenvalue weighted by molar-refractivity contribution is 0.00566. The lowest BCUT2D eigenvalue weighted by atomic mass is 10.1. The van der Waals surface area contributed by atoms with Crippen LogP contribution in [0.4, 0.5) is 23.7 Å². The van der Waals surface area contributed by atoms with Gasteiger partial charge >= 0.3 is 6.09 Å². The van der Waals surface area contributed by atoms with Gasteiger partial charge in [0, 0.05) is 30.4 Å². The molecule has 1 N–H and O–H groups in total. The van der Waals surface area contributed by atoms with E-state index in [0.717, 1.165) is 0 Å². The monoisotopic (exact) mass is 691 g/mol. The van der Waals surface area contributed by atoms with Crippen LogP contribution >= 0.6 is 11.3 Å². The molecule has 252 valence electrons. The topological polar surface area (TPSA) is 122 Å². The summed E-state index contributed by atoms with van der Waals surface area (Å²) in [6.07, 6.45) is -0.540. The number of pyridine rings is 1. The highest BCUT2D eigenvalue weighted by Crippen LogP contribution is 2.41. The summed E-state index contributed by atoms with van der Waals surface area (Å²) in [6, 6.07) is 6.40.